The molecule has 0 saturated heterocycles. The van der Waals surface area contributed by atoms with Crippen molar-refractivity contribution in [3.8, 4) is 0 Å². The molecule has 0 saturated carbocycles. The van der Waals surface area contributed by atoms with Crippen LogP contribution in [0.25, 0.3) is 0 Å². The van der Waals surface area contributed by atoms with E-state index < -0.39 is 17.7 Å². The third kappa shape index (κ3) is 2.48. The summed E-state index contributed by atoms with van der Waals surface area (Å²) in [6, 6.07) is 7.16. The first-order valence-corrected chi connectivity index (χ1v) is 8.72. The summed E-state index contributed by atoms with van der Waals surface area (Å²) in [5, 5.41) is 14.1. The Morgan fingerprint density at radius 2 is 2.00 bits per heavy atom. The zero-order valence-corrected chi connectivity index (χ0v) is 13.6. The van der Waals surface area contributed by atoms with E-state index >= 15 is 0 Å². The minimum Gasteiger partial charge on any atom is -0.503 e. The van der Waals surface area contributed by atoms with Gasteiger partial charge in [-0.2, -0.15) is 0 Å². The lowest BCUT2D eigenvalue weighted by atomic mass is 10.0. The van der Waals surface area contributed by atoms with Gasteiger partial charge in [-0.1, -0.05) is 19.1 Å². The maximum atomic E-state index is 12.4. The third-order valence-electron chi connectivity index (χ3n) is 3.64. The topological polar surface area (TPSA) is 57.6 Å². The van der Waals surface area contributed by atoms with Crippen molar-refractivity contribution in [2.45, 2.75) is 25.9 Å². The minimum absolute atomic E-state index is 0.182. The van der Waals surface area contributed by atoms with Gasteiger partial charge in [-0.25, -0.2) is 0 Å². The van der Waals surface area contributed by atoms with Gasteiger partial charge in [0.1, 0.15) is 0 Å². The molecule has 114 valence electrons. The van der Waals surface area contributed by atoms with Crippen LogP contribution in [0, 0.1) is 0 Å². The molecule has 6 heteroatoms. The summed E-state index contributed by atoms with van der Waals surface area (Å²) in [5.41, 5.74) is 0.228. The Labute approximate surface area is 136 Å². The Morgan fingerprint density at radius 3 is 2.59 bits per heavy atom. The average Bonchev–Trinajstić information content (AvgIpc) is 3.24. The monoisotopic (exact) mass is 333 g/mol. The van der Waals surface area contributed by atoms with Gasteiger partial charge in [0.05, 0.1) is 18.2 Å². The normalized spacial score (nSPS) is 18.3. The van der Waals surface area contributed by atoms with Crippen molar-refractivity contribution < 1.29 is 14.7 Å². The van der Waals surface area contributed by atoms with Gasteiger partial charge >= 0.3 is 0 Å². The lowest BCUT2D eigenvalue weighted by Crippen LogP contribution is -2.29. The molecule has 2 aromatic rings. The van der Waals surface area contributed by atoms with Gasteiger partial charge in [0, 0.05) is 16.2 Å². The van der Waals surface area contributed by atoms with E-state index in [0.29, 0.717) is 6.54 Å². The van der Waals surface area contributed by atoms with Gasteiger partial charge < -0.3 is 10.0 Å². The van der Waals surface area contributed by atoms with Crippen molar-refractivity contribution in [2.24, 2.45) is 0 Å². The van der Waals surface area contributed by atoms with Crippen LogP contribution >= 0.6 is 22.7 Å². The van der Waals surface area contributed by atoms with Gasteiger partial charge in [-0.15, -0.1) is 22.7 Å². The van der Waals surface area contributed by atoms with Gasteiger partial charge in [-0.3, -0.25) is 9.59 Å². The highest BCUT2D eigenvalue weighted by Crippen LogP contribution is 2.41. The highest BCUT2D eigenvalue weighted by atomic mass is 32.1. The van der Waals surface area contributed by atoms with Crippen LogP contribution in [0.5, 0.6) is 0 Å². The van der Waals surface area contributed by atoms with Crippen LogP contribution in [0.1, 0.15) is 29.1 Å². The molecule has 1 atom stereocenters. The van der Waals surface area contributed by atoms with Crippen molar-refractivity contribution in [3.05, 3.63) is 56.1 Å². The Morgan fingerprint density at radius 1 is 1.27 bits per heavy atom. The molecule has 3 rings (SSSR count). The molecular weight excluding hydrogens is 318 g/mol. The number of aliphatic hydroxyl groups is 1. The molecule has 1 aliphatic heterocycles. The fourth-order valence-corrected chi connectivity index (χ4v) is 4.15. The Balaban J connectivity index is 2.03. The van der Waals surface area contributed by atoms with Crippen molar-refractivity contribution in [2.75, 3.05) is 0 Å². The van der Waals surface area contributed by atoms with Gasteiger partial charge in [0.15, 0.2) is 11.5 Å². The molecule has 22 heavy (non-hydrogen) atoms. The molecule has 0 aliphatic carbocycles. The van der Waals surface area contributed by atoms with E-state index in [9.17, 15) is 14.7 Å². The highest BCUT2D eigenvalue weighted by molar-refractivity contribution is 7.10. The summed E-state index contributed by atoms with van der Waals surface area (Å²) in [5.74, 6) is -1.05. The molecular formula is C16H15NO3S2. The third-order valence-corrected chi connectivity index (χ3v) is 5.43. The summed E-state index contributed by atoms with van der Waals surface area (Å²) in [7, 11) is 0. The van der Waals surface area contributed by atoms with E-state index in [-0.39, 0.29) is 17.8 Å². The van der Waals surface area contributed by atoms with E-state index in [4.69, 9.17) is 0 Å². The number of nitrogens with zero attached hydrogens (tertiary/aromatic N) is 1. The van der Waals surface area contributed by atoms with Crippen LogP contribution in [0.4, 0.5) is 0 Å². The molecule has 0 fully saturated rings. The summed E-state index contributed by atoms with van der Waals surface area (Å²) in [4.78, 5) is 28.2. The Kier molecular flexibility index (Phi) is 4.13. The highest BCUT2D eigenvalue weighted by Gasteiger charge is 2.43. The number of hydrogen-bond donors (Lipinski definition) is 1. The van der Waals surface area contributed by atoms with Crippen LogP contribution < -0.4 is 0 Å². The number of Topliss-reactive ketones (excluding diaryl/α,β-unsaturated/α-hetero) is 1. The first-order chi connectivity index (χ1) is 10.6. The van der Waals surface area contributed by atoms with Crippen molar-refractivity contribution in [3.63, 3.8) is 0 Å². The van der Waals surface area contributed by atoms with E-state index in [0.717, 1.165) is 9.75 Å². The maximum absolute atomic E-state index is 12.4. The summed E-state index contributed by atoms with van der Waals surface area (Å²) >= 11 is 3.04. The minimum atomic E-state index is -0.484. The number of rotatable bonds is 5. The molecule has 0 bridgehead atoms. The Hall–Kier alpha value is -1.92. The second-order valence-corrected chi connectivity index (χ2v) is 6.98. The van der Waals surface area contributed by atoms with Crippen LogP contribution in [0.15, 0.2) is 46.4 Å². The smallest absolute Gasteiger partial charge is 0.290 e. The van der Waals surface area contributed by atoms with Crippen LogP contribution in [0.2, 0.25) is 0 Å². The van der Waals surface area contributed by atoms with Crippen LogP contribution in [-0.2, 0) is 16.1 Å². The first kappa shape index (κ1) is 15.0. The standard InChI is InChI=1S/C16H15NO3S2/c1-2-11(18)13-14(12-6-4-8-22-12)17(16(20)15(13)19)9-10-5-3-7-21-10/h3-8,14,19H,2,9H2,1H3. The van der Waals surface area contributed by atoms with Crippen molar-refractivity contribution >= 4 is 34.4 Å². The molecule has 1 unspecified atom stereocenters. The van der Waals surface area contributed by atoms with Gasteiger partial charge in [0.2, 0.25) is 0 Å². The fourth-order valence-electron chi connectivity index (χ4n) is 2.61. The van der Waals surface area contributed by atoms with Gasteiger partial charge in [0.25, 0.3) is 5.91 Å². The van der Waals surface area contributed by atoms with E-state index in [2.05, 4.69) is 0 Å². The zero-order valence-electron chi connectivity index (χ0n) is 12.0. The van der Waals surface area contributed by atoms with E-state index in [1.165, 1.54) is 11.3 Å². The number of ketones is 1. The average molecular weight is 333 g/mol. The van der Waals surface area contributed by atoms with E-state index in [1.807, 2.05) is 35.0 Å². The zero-order chi connectivity index (χ0) is 15.7. The number of hydrogen-bond acceptors (Lipinski definition) is 5. The number of carbonyl (C=O) groups excluding carboxylic acids is 2. The molecule has 1 aliphatic rings. The largest absolute Gasteiger partial charge is 0.503 e. The summed E-state index contributed by atoms with van der Waals surface area (Å²) in [6.07, 6.45) is 0.265. The summed E-state index contributed by atoms with van der Waals surface area (Å²) in [6.45, 7) is 2.13. The first-order valence-electron chi connectivity index (χ1n) is 6.96. The molecule has 1 N–H and O–H groups in total. The Bertz CT molecular complexity index is 717. The second-order valence-electron chi connectivity index (χ2n) is 4.97. The second kappa shape index (κ2) is 6.06. The lowest BCUT2D eigenvalue weighted by molar-refractivity contribution is -0.129. The molecule has 1 amide bonds. The van der Waals surface area contributed by atoms with E-state index in [1.54, 1.807) is 23.2 Å². The number of thiophene rings is 2. The quantitative estimate of drug-likeness (QED) is 0.908. The molecule has 0 aromatic carbocycles. The summed E-state index contributed by atoms with van der Waals surface area (Å²) < 4.78 is 0. The van der Waals surface area contributed by atoms with Crippen molar-refractivity contribution in [1.29, 1.82) is 0 Å². The van der Waals surface area contributed by atoms with Crippen LogP contribution in [0.3, 0.4) is 0 Å². The fraction of sp³-hybridized carbons (Fsp3) is 0.250. The predicted molar refractivity (Wildman–Crippen MR) is 86.9 cm³/mol. The number of aliphatic hydroxyl groups excluding tert-OH is 1. The predicted octanol–water partition coefficient (Wildman–Crippen LogP) is 3.68. The lowest BCUT2D eigenvalue weighted by Gasteiger charge is -2.25. The van der Waals surface area contributed by atoms with Crippen LogP contribution in [-0.4, -0.2) is 21.7 Å². The van der Waals surface area contributed by atoms with Crippen molar-refractivity contribution in [1.82, 2.24) is 4.90 Å². The molecule has 2 aromatic heterocycles. The maximum Gasteiger partial charge on any atom is 0.290 e. The molecule has 3 heterocycles. The SMILES string of the molecule is CCC(=O)C1=C(O)C(=O)N(Cc2cccs2)C1c1cccs1. The molecule has 0 radical (unpaired) electrons. The number of carbonyl (C=O) groups is 2. The molecule has 4 nitrogen and oxygen atoms in total. The van der Waals surface area contributed by atoms with Gasteiger partial charge in [-0.05, 0) is 22.9 Å². The number of amides is 1. The molecule has 0 spiro atoms.